The van der Waals surface area contributed by atoms with Gasteiger partial charge in [0.1, 0.15) is 11.4 Å². The molecule has 1 aliphatic heterocycles. The zero-order valence-corrected chi connectivity index (χ0v) is 16.4. The number of aromatic nitrogens is 2. The molecule has 174 valence electrons. The largest absolute Gasteiger partial charge is 0.461 e. The van der Waals surface area contributed by atoms with E-state index in [4.69, 9.17) is 4.42 Å². The summed E-state index contributed by atoms with van der Waals surface area (Å²) in [7, 11) is 0. The minimum Gasteiger partial charge on any atom is -0.461 e. The molecule has 2 aromatic heterocycles. The third-order valence-corrected chi connectivity index (χ3v) is 5.12. The highest BCUT2D eigenvalue weighted by atomic mass is 19.4. The number of hydrogen-bond donors (Lipinski definition) is 2. The molecule has 0 bridgehead atoms. The highest BCUT2D eigenvalue weighted by molar-refractivity contribution is 6.08. The van der Waals surface area contributed by atoms with E-state index in [0.717, 1.165) is 12.3 Å². The number of rotatable bonds is 4. The fourth-order valence-electron chi connectivity index (χ4n) is 3.60. The van der Waals surface area contributed by atoms with Crippen molar-refractivity contribution in [2.24, 2.45) is 4.99 Å². The summed E-state index contributed by atoms with van der Waals surface area (Å²) in [6.45, 7) is -0.327. The molecule has 2 N–H and O–H groups in total. The van der Waals surface area contributed by atoms with Crippen LogP contribution < -0.4 is 16.6 Å². The Morgan fingerprint density at radius 2 is 1.64 bits per heavy atom. The zero-order chi connectivity index (χ0) is 24.0. The van der Waals surface area contributed by atoms with Gasteiger partial charge in [-0.3, -0.25) is 14.3 Å². The third kappa shape index (κ3) is 3.62. The third-order valence-electron chi connectivity index (χ3n) is 5.12. The number of benzene rings is 1. The Morgan fingerprint density at radius 1 is 0.970 bits per heavy atom. The molecule has 0 aliphatic carbocycles. The predicted octanol–water partition coefficient (Wildman–Crippen LogP) is 3.56. The van der Waals surface area contributed by atoms with Gasteiger partial charge >= 0.3 is 18.0 Å². The van der Waals surface area contributed by atoms with Gasteiger partial charge < -0.3 is 9.73 Å². The first-order valence-electron chi connectivity index (χ1n) is 9.41. The summed E-state index contributed by atoms with van der Waals surface area (Å²) in [5.41, 5.74) is -9.07. The summed E-state index contributed by atoms with van der Waals surface area (Å²) in [5, 5.41) is 2.28. The number of furan rings is 1. The number of aromatic amines is 1. The van der Waals surface area contributed by atoms with Gasteiger partial charge in [-0.2, -0.15) is 26.3 Å². The maximum atomic E-state index is 14.1. The number of aryl methyl sites for hydroxylation is 1. The number of anilines is 1. The second kappa shape index (κ2) is 7.67. The number of nitrogens with zero attached hydrogens (tertiary/aromatic N) is 2. The molecule has 0 unspecified atom stereocenters. The number of nitrogens with one attached hydrogen (secondary N) is 2. The molecule has 0 spiro atoms. The number of halogens is 6. The first-order valence-corrected chi connectivity index (χ1v) is 9.41. The van der Waals surface area contributed by atoms with Crippen molar-refractivity contribution in [1.29, 1.82) is 0 Å². The molecule has 0 fully saturated rings. The molecule has 0 radical (unpaired) electrons. The normalized spacial score (nSPS) is 15.5. The van der Waals surface area contributed by atoms with Crippen molar-refractivity contribution in [2.45, 2.75) is 30.9 Å². The Hall–Kier alpha value is -3.77. The lowest BCUT2D eigenvalue weighted by atomic mass is 9.88. The molecule has 33 heavy (non-hydrogen) atoms. The second-order valence-corrected chi connectivity index (χ2v) is 7.14. The van der Waals surface area contributed by atoms with Crippen molar-refractivity contribution in [3.63, 3.8) is 0 Å². The van der Waals surface area contributed by atoms with E-state index in [-0.39, 0.29) is 13.0 Å². The van der Waals surface area contributed by atoms with Gasteiger partial charge in [0.2, 0.25) is 0 Å². The molecule has 0 atom stereocenters. The Labute approximate surface area is 180 Å². The Bertz CT molecular complexity index is 1290. The Morgan fingerprint density at radius 3 is 2.21 bits per heavy atom. The van der Waals surface area contributed by atoms with E-state index in [1.54, 1.807) is 35.3 Å². The van der Waals surface area contributed by atoms with Crippen LogP contribution in [-0.2, 0) is 18.5 Å². The minimum absolute atomic E-state index is 0.0825. The van der Waals surface area contributed by atoms with Crippen LogP contribution in [0.15, 0.2) is 67.7 Å². The number of aliphatic imine (C=N–C) groups is 1. The Balaban J connectivity index is 2.00. The van der Waals surface area contributed by atoms with Crippen molar-refractivity contribution in [3.8, 4) is 0 Å². The fraction of sp³-hybridized carbons (Fsp3) is 0.250. The number of H-pyrrole nitrogens is 1. The van der Waals surface area contributed by atoms with E-state index in [1.165, 1.54) is 6.07 Å². The second-order valence-electron chi connectivity index (χ2n) is 7.14. The van der Waals surface area contributed by atoms with Crippen LogP contribution in [-0.4, -0.2) is 27.7 Å². The highest BCUT2D eigenvalue weighted by Gasteiger charge is 2.75. The van der Waals surface area contributed by atoms with Gasteiger partial charge in [-0.25, -0.2) is 9.79 Å². The number of fused-ring (bicyclic) bond motifs is 1. The average Bonchev–Trinajstić information content (AvgIpc) is 3.26. The standard InChI is InChI=1S/C20H14F6N4O3/c21-19(22,23)18(20(24,25)26)13-15(27-14(29-18)12-7-4-10-33-12)30(17(32)28-16(13)31)9-8-11-5-2-1-3-6-11/h1-7,10H,8-9H2,(H,27,29)(H,28,31,32). The number of amidine groups is 1. The first-order chi connectivity index (χ1) is 15.5. The maximum Gasteiger partial charge on any atom is 0.427 e. The molecule has 3 aromatic rings. The first kappa shape index (κ1) is 22.4. The molecule has 13 heteroatoms. The maximum absolute atomic E-state index is 14.1. The van der Waals surface area contributed by atoms with E-state index >= 15 is 0 Å². The van der Waals surface area contributed by atoms with Crippen LogP contribution in [0.3, 0.4) is 0 Å². The summed E-state index contributed by atoms with van der Waals surface area (Å²) >= 11 is 0. The van der Waals surface area contributed by atoms with Gasteiger partial charge in [-0.05, 0) is 24.1 Å². The summed E-state index contributed by atoms with van der Waals surface area (Å²) in [5.74, 6) is -2.34. The van der Waals surface area contributed by atoms with Crippen molar-refractivity contribution in [1.82, 2.24) is 9.55 Å². The molecule has 1 aliphatic rings. The lowest BCUT2D eigenvalue weighted by molar-refractivity contribution is -0.301. The molecular weight excluding hydrogens is 458 g/mol. The van der Waals surface area contributed by atoms with Gasteiger partial charge in [-0.1, -0.05) is 30.3 Å². The van der Waals surface area contributed by atoms with Crippen molar-refractivity contribution < 1.29 is 30.8 Å². The van der Waals surface area contributed by atoms with Crippen LogP contribution in [0.4, 0.5) is 32.2 Å². The molecule has 0 amide bonds. The smallest absolute Gasteiger partial charge is 0.427 e. The predicted molar refractivity (Wildman–Crippen MR) is 104 cm³/mol. The van der Waals surface area contributed by atoms with E-state index in [2.05, 4.69) is 10.3 Å². The van der Waals surface area contributed by atoms with Crippen LogP contribution in [0.25, 0.3) is 0 Å². The summed E-state index contributed by atoms with van der Waals surface area (Å²) in [6, 6.07) is 10.7. The van der Waals surface area contributed by atoms with Crippen molar-refractivity contribution >= 4 is 11.7 Å². The van der Waals surface area contributed by atoms with Gasteiger partial charge in [0.05, 0.1) is 6.26 Å². The van der Waals surface area contributed by atoms with Crippen LogP contribution in [0.2, 0.25) is 0 Å². The molecule has 0 saturated carbocycles. The van der Waals surface area contributed by atoms with E-state index in [9.17, 15) is 35.9 Å². The average molecular weight is 472 g/mol. The van der Waals surface area contributed by atoms with Gasteiger partial charge in [0.15, 0.2) is 11.6 Å². The highest BCUT2D eigenvalue weighted by Crippen LogP contribution is 2.55. The monoisotopic (exact) mass is 472 g/mol. The van der Waals surface area contributed by atoms with Crippen LogP contribution in [0, 0.1) is 0 Å². The summed E-state index contributed by atoms with van der Waals surface area (Å²) < 4.78 is 90.3. The van der Waals surface area contributed by atoms with Crippen LogP contribution >= 0.6 is 0 Å². The number of hydrogen-bond acceptors (Lipinski definition) is 5. The number of alkyl halides is 6. The zero-order valence-electron chi connectivity index (χ0n) is 16.4. The van der Waals surface area contributed by atoms with Crippen LogP contribution in [0.1, 0.15) is 16.9 Å². The fourth-order valence-corrected chi connectivity index (χ4v) is 3.60. The minimum atomic E-state index is -6.07. The van der Waals surface area contributed by atoms with Crippen molar-refractivity contribution in [3.05, 3.63) is 86.5 Å². The van der Waals surface area contributed by atoms with E-state index < -0.39 is 52.1 Å². The van der Waals surface area contributed by atoms with Crippen molar-refractivity contribution in [2.75, 3.05) is 5.32 Å². The topological polar surface area (TPSA) is 92.4 Å². The molecule has 3 heterocycles. The SMILES string of the molecule is O=c1[nH]c(=O)n(CCc2ccccc2)c2c1C(C(F)(F)F)(C(F)(F)F)N=C(c1ccco1)N2. The molecule has 1 aromatic carbocycles. The molecule has 0 saturated heterocycles. The van der Waals surface area contributed by atoms with Gasteiger partial charge in [-0.15, -0.1) is 0 Å². The molecule has 4 rings (SSSR count). The molecular formula is C20H14F6N4O3. The van der Waals surface area contributed by atoms with Crippen LogP contribution in [0.5, 0.6) is 0 Å². The molecule has 7 nitrogen and oxygen atoms in total. The summed E-state index contributed by atoms with van der Waals surface area (Å²) in [4.78, 5) is 29.4. The van der Waals surface area contributed by atoms with E-state index in [1.807, 2.05) is 0 Å². The lowest BCUT2D eigenvalue weighted by Gasteiger charge is -2.38. The summed E-state index contributed by atoms with van der Waals surface area (Å²) in [6.07, 6.45) is -11.0. The van der Waals surface area contributed by atoms with Gasteiger partial charge in [0.25, 0.3) is 11.1 Å². The van der Waals surface area contributed by atoms with E-state index in [0.29, 0.717) is 10.1 Å². The lowest BCUT2D eigenvalue weighted by Crippen LogP contribution is -2.59. The van der Waals surface area contributed by atoms with Gasteiger partial charge in [0, 0.05) is 6.54 Å². The quantitative estimate of drug-likeness (QED) is 0.568. The Kier molecular flexibility index (Phi) is 5.21.